The lowest BCUT2D eigenvalue weighted by molar-refractivity contribution is -0.144. The third-order valence-electron chi connectivity index (χ3n) is 6.46. The highest BCUT2D eigenvalue weighted by Gasteiger charge is 2.45. The Balaban J connectivity index is 1.92. The van der Waals surface area contributed by atoms with Gasteiger partial charge >= 0.3 is 6.09 Å². The molecule has 2 saturated carbocycles. The molecule has 0 radical (unpaired) electrons. The van der Waals surface area contributed by atoms with Crippen LogP contribution in [0.3, 0.4) is 0 Å². The molecule has 1 aromatic rings. The van der Waals surface area contributed by atoms with Crippen molar-refractivity contribution in [2.75, 3.05) is 0 Å². The van der Waals surface area contributed by atoms with Crippen molar-refractivity contribution in [2.45, 2.75) is 109 Å². The molecular formula is C27H41N3O5. The summed E-state index contributed by atoms with van der Waals surface area (Å²) in [6.07, 6.45) is 6.06. The van der Waals surface area contributed by atoms with Gasteiger partial charge in [-0.15, -0.1) is 0 Å². The zero-order valence-corrected chi connectivity index (χ0v) is 21.7. The first-order valence-electron chi connectivity index (χ1n) is 12.9. The average Bonchev–Trinajstić information content (AvgIpc) is 3.59. The smallest absolute Gasteiger partial charge is 0.408 e. The maximum atomic E-state index is 14.0. The maximum absolute atomic E-state index is 14.0. The second-order valence-corrected chi connectivity index (χ2v) is 11.2. The Bertz CT molecular complexity index is 900. The number of nitrogens with one attached hydrogen (secondary N) is 2. The maximum Gasteiger partial charge on any atom is 0.408 e. The number of carbonyl (C=O) groups excluding carboxylic acids is 3. The van der Waals surface area contributed by atoms with Crippen LogP contribution >= 0.6 is 0 Å². The molecule has 0 spiro atoms. The van der Waals surface area contributed by atoms with Crippen LogP contribution in [-0.2, 0) is 14.3 Å². The molecule has 3 rings (SSSR count). The van der Waals surface area contributed by atoms with E-state index in [1.165, 1.54) is 6.42 Å². The number of hydrogen-bond donors (Lipinski definition) is 3. The van der Waals surface area contributed by atoms with Crippen LogP contribution in [0.25, 0.3) is 0 Å². The fourth-order valence-electron chi connectivity index (χ4n) is 4.64. The van der Waals surface area contributed by atoms with E-state index in [4.69, 9.17) is 4.74 Å². The molecule has 2 atom stereocenters. The van der Waals surface area contributed by atoms with Gasteiger partial charge in [0.15, 0.2) is 0 Å². The zero-order chi connectivity index (χ0) is 25.8. The summed E-state index contributed by atoms with van der Waals surface area (Å²) in [5.41, 5.74) is -0.146. The van der Waals surface area contributed by atoms with Gasteiger partial charge < -0.3 is 25.4 Å². The van der Waals surface area contributed by atoms with Crippen molar-refractivity contribution >= 4 is 17.9 Å². The van der Waals surface area contributed by atoms with Crippen molar-refractivity contribution in [3.05, 3.63) is 29.8 Å². The SMILES string of the molecule is CC(C)C(NC(=O)OC(C)(C)C)C(=O)N(C1CC1)C(C(=O)NC1CCCCC1)c1cccc(O)c1. The monoisotopic (exact) mass is 487 g/mol. The van der Waals surface area contributed by atoms with Crippen molar-refractivity contribution < 1.29 is 24.2 Å². The summed E-state index contributed by atoms with van der Waals surface area (Å²) in [5, 5.41) is 16.1. The van der Waals surface area contributed by atoms with Gasteiger partial charge in [-0.3, -0.25) is 9.59 Å². The number of carbonyl (C=O) groups is 3. The van der Waals surface area contributed by atoms with Crippen LogP contribution < -0.4 is 10.6 Å². The quantitative estimate of drug-likeness (QED) is 0.503. The van der Waals surface area contributed by atoms with Gasteiger partial charge in [0.1, 0.15) is 23.4 Å². The molecule has 8 nitrogen and oxygen atoms in total. The number of phenolic OH excluding ortho intramolecular Hbond substituents is 1. The molecule has 1 aromatic carbocycles. The number of rotatable bonds is 8. The molecule has 2 fully saturated rings. The average molecular weight is 488 g/mol. The Morgan fingerprint density at radius 2 is 1.71 bits per heavy atom. The summed E-state index contributed by atoms with van der Waals surface area (Å²) in [4.78, 5) is 41.9. The van der Waals surface area contributed by atoms with Crippen molar-refractivity contribution in [3.63, 3.8) is 0 Å². The Morgan fingerprint density at radius 3 is 2.26 bits per heavy atom. The van der Waals surface area contributed by atoms with E-state index in [1.54, 1.807) is 49.9 Å². The van der Waals surface area contributed by atoms with Gasteiger partial charge in [-0.2, -0.15) is 0 Å². The molecule has 2 aliphatic rings. The number of aromatic hydroxyl groups is 1. The van der Waals surface area contributed by atoms with E-state index in [2.05, 4.69) is 10.6 Å². The van der Waals surface area contributed by atoms with Crippen LogP contribution in [0.5, 0.6) is 5.75 Å². The van der Waals surface area contributed by atoms with Gasteiger partial charge in [-0.1, -0.05) is 45.2 Å². The fourth-order valence-corrected chi connectivity index (χ4v) is 4.64. The molecule has 2 unspecified atom stereocenters. The molecule has 0 saturated heterocycles. The predicted octanol–water partition coefficient (Wildman–Crippen LogP) is 4.42. The first-order chi connectivity index (χ1) is 16.5. The summed E-state index contributed by atoms with van der Waals surface area (Å²) in [5.74, 6) is -0.751. The van der Waals surface area contributed by atoms with Crippen LogP contribution in [0.15, 0.2) is 24.3 Å². The van der Waals surface area contributed by atoms with Gasteiger partial charge in [0, 0.05) is 12.1 Å². The lowest BCUT2D eigenvalue weighted by Gasteiger charge is -2.36. The first kappa shape index (κ1) is 26.8. The molecule has 0 aliphatic heterocycles. The van der Waals surface area contributed by atoms with Gasteiger partial charge in [0.05, 0.1) is 0 Å². The molecule has 8 heteroatoms. The minimum absolute atomic E-state index is 0.0356. The van der Waals surface area contributed by atoms with Crippen LogP contribution in [0.2, 0.25) is 0 Å². The topological polar surface area (TPSA) is 108 Å². The minimum Gasteiger partial charge on any atom is -0.508 e. The molecule has 0 aromatic heterocycles. The molecule has 3 amide bonds. The molecular weight excluding hydrogens is 446 g/mol. The highest BCUT2D eigenvalue weighted by Crippen LogP contribution is 2.37. The standard InChI is InChI=1S/C27H41N3O5/c1-17(2)22(29-26(34)35-27(3,4)5)25(33)30(20-14-15-20)23(18-10-9-13-21(31)16-18)24(32)28-19-11-7-6-8-12-19/h9-10,13,16-17,19-20,22-23,31H,6-8,11-12,14-15H2,1-5H3,(H,28,32)(H,29,34). The van der Waals surface area contributed by atoms with Crippen molar-refractivity contribution in [3.8, 4) is 5.75 Å². The summed E-state index contributed by atoms with van der Waals surface area (Å²) < 4.78 is 5.40. The molecule has 2 aliphatic carbocycles. The Hall–Kier alpha value is -2.77. The van der Waals surface area contributed by atoms with Crippen LogP contribution in [-0.4, -0.2) is 51.6 Å². The molecule has 0 bridgehead atoms. The largest absolute Gasteiger partial charge is 0.508 e. The zero-order valence-electron chi connectivity index (χ0n) is 21.7. The van der Waals surface area contributed by atoms with E-state index >= 15 is 0 Å². The van der Waals surface area contributed by atoms with E-state index in [0.717, 1.165) is 38.5 Å². The second kappa shape index (κ2) is 11.3. The molecule has 194 valence electrons. The second-order valence-electron chi connectivity index (χ2n) is 11.2. The van der Waals surface area contributed by atoms with E-state index in [0.29, 0.717) is 5.56 Å². The van der Waals surface area contributed by atoms with E-state index in [1.807, 2.05) is 13.8 Å². The van der Waals surface area contributed by atoms with Crippen molar-refractivity contribution in [1.29, 1.82) is 0 Å². The van der Waals surface area contributed by atoms with E-state index < -0.39 is 23.8 Å². The van der Waals surface area contributed by atoms with Crippen molar-refractivity contribution in [2.24, 2.45) is 5.92 Å². The Morgan fingerprint density at radius 1 is 1.06 bits per heavy atom. The molecule has 3 N–H and O–H groups in total. The van der Waals surface area contributed by atoms with E-state index in [9.17, 15) is 19.5 Å². The van der Waals surface area contributed by atoms with E-state index in [-0.39, 0.29) is 35.6 Å². The number of amides is 3. The Labute approximate surface area is 208 Å². The lowest BCUT2D eigenvalue weighted by Crippen LogP contribution is -2.56. The van der Waals surface area contributed by atoms with Crippen molar-refractivity contribution in [1.82, 2.24) is 15.5 Å². The van der Waals surface area contributed by atoms with Gasteiger partial charge in [-0.05, 0) is 70.1 Å². The fraction of sp³-hybridized carbons (Fsp3) is 0.667. The third-order valence-corrected chi connectivity index (χ3v) is 6.46. The third kappa shape index (κ3) is 7.61. The molecule has 0 heterocycles. The van der Waals surface area contributed by atoms with Crippen LogP contribution in [0.1, 0.15) is 91.2 Å². The summed E-state index contributed by atoms with van der Waals surface area (Å²) >= 11 is 0. The van der Waals surface area contributed by atoms with Gasteiger partial charge in [0.2, 0.25) is 11.8 Å². The summed E-state index contributed by atoms with van der Waals surface area (Å²) in [6, 6.07) is 4.75. The normalized spacial score (nSPS) is 18.5. The summed E-state index contributed by atoms with van der Waals surface area (Å²) in [7, 11) is 0. The van der Waals surface area contributed by atoms with Crippen LogP contribution in [0.4, 0.5) is 4.79 Å². The predicted molar refractivity (Wildman–Crippen MR) is 134 cm³/mol. The Kier molecular flexibility index (Phi) is 8.67. The van der Waals surface area contributed by atoms with Gasteiger partial charge in [-0.25, -0.2) is 4.79 Å². The number of hydrogen-bond acceptors (Lipinski definition) is 5. The summed E-state index contributed by atoms with van der Waals surface area (Å²) in [6.45, 7) is 9.02. The number of benzene rings is 1. The molecule has 35 heavy (non-hydrogen) atoms. The van der Waals surface area contributed by atoms with Gasteiger partial charge in [0.25, 0.3) is 0 Å². The highest BCUT2D eigenvalue weighted by atomic mass is 16.6. The number of nitrogens with zero attached hydrogens (tertiary/aromatic N) is 1. The number of alkyl carbamates (subject to hydrolysis) is 1. The van der Waals surface area contributed by atoms with Crippen LogP contribution in [0, 0.1) is 5.92 Å². The first-order valence-corrected chi connectivity index (χ1v) is 12.9. The highest BCUT2D eigenvalue weighted by molar-refractivity contribution is 5.93. The number of ether oxygens (including phenoxy) is 1. The lowest BCUT2D eigenvalue weighted by atomic mass is 9.94. The number of phenols is 1. The minimum atomic E-state index is -0.897.